The van der Waals surface area contributed by atoms with Gasteiger partial charge in [-0.3, -0.25) is 24.5 Å². The quantitative estimate of drug-likeness (QED) is 0.278. The highest BCUT2D eigenvalue weighted by Gasteiger charge is 2.14. The van der Waals surface area contributed by atoms with Crippen LogP contribution in [0.3, 0.4) is 0 Å². The Bertz CT molecular complexity index is 1770. The van der Waals surface area contributed by atoms with Crippen molar-refractivity contribution >= 4 is 17.4 Å². The first kappa shape index (κ1) is 26.3. The smallest absolute Gasteiger partial charge is 0.270 e. The number of aromatic nitrogens is 6. The first-order chi connectivity index (χ1) is 19.2. The molecule has 0 aliphatic rings. The van der Waals surface area contributed by atoms with Gasteiger partial charge in [-0.15, -0.1) is 0 Å². The number of aromatic amines is 1. The van der Waals surface area contributed by atoms with Gasteiger partial charge in [0.2, 0.25) is 5.56 Å². The van der Waals surface area contributed by atoms with E-state index in [-0.39, 0.29) is 23.7 Å². The van der Waals surface area contributed by atoms with Crippen molar-refractivity contribution in [1.82, 2.24) is 35.2 Å². The zero-order valence-electron chi connectivity index (χ0n) is 22.0. The molecule has 0 bridgehead atoms. The van der Waals surface area contributed by atoms with E-state index in [0.29, 0.717) is 45.4 Å². The number of anilines is 2. The van der Waals surface area contributed by atoms with Gasteiger partial charge in [0.15, 0.2) is 5.82 Å². The van der Waals surface area contributed by atoms with Crippen LogP contribution in [-0.4, -0.2) is 35.8 Å². The summed E-state index contributed by atoms with van der Waals surface area (Å²) in [6.45, 7) is 5.67. The van der Waals surface area contributed by atoms with Crippen LogP contribution in [0.25, 0.3) is 22.6 Å². The van der Waals surface area contributed by atoms with Crippen LogP contribution in [0.2, 0.25) is 0 Å². The van der Waals surface area contributed by atoms with Gasteiger partial charge in [-0.1, -0.05) is 6.07 Å². The average Bonchev–Trinajstić information content (AvgIpc) is 2.93. The molecule has 0 fully saturated rings. The van der Waals surface area contributed by atoms with Crippen molar-refractivity contribution < 1.29 is 9.18 Å². The lowest BCUT2D eigenvalue weighted by Crippen LogP contribution is -2.24. The third-order valence-corrected chi connectivity index (χ3v) is 6.06. The number of aryl methyl sites for hydroxylation is 3. The fraction of sp³-hybridized carbons (Fsp3) is 0.138. The molecule has 0 unspecified atom stereocenters. The molecule has 0 aliphatic carbocycles. The highest BCUT2D eigenvalue weighted by molar-refractivity contribution is 5.94. The summed E-state index contributed by atoms with van der Waals surface area (Å²) in [5.41, 5.74) is 5.35. The fourth-order valence-electron chi connectivity index (χ4n) is 4.09. The SMILES string of the molecule is Cc1cc(Nc2cc[nH]c(=O)c2)nc(-c2cnc(C(=O)NCc3ccc(-c4cc(F)cnc4C)nc3)c(C)c2)n1. The van der Waals surface area contributed by atoms with Gasteiger partial charge in [-0.2, -0.15) is 0 Å². The Morgan fingerprint density at radius 2 is 1.80 bits per heavy atom. The van der Waals surface area contributed by atoms with Crippen molar-refractivity contribution in [3.8, 4) is 22.6 Å². The van der Waals surface area contributed by atoms with Crippen LogP contribution in [-0.2, 0) is 6.54 Å². The molecular formula is C29H25FN8O2. The number of carbonyl (C=O) groups is 1. The lowest BCUT2D eigenvalue weighted by atomic mass is 10.1. The summed E-state index contributed by atoms with van der Waals surface area (Å²) in [6, 6.07) is 11.7. The molecule has 5 heterocycles. The molecule has 0 saturated carbocycles. The number of H-pyrrole nitrogens is 1. The van der Waals surface area contributed by atoms with Crippen molar-refractivity contribution in [2.75, 3.05) is 5.32 Å². The highest BCUT2D eigenvalue weighted by Crippen LogP contribution is 2.23. The van der Waals surface area contributed by atoms with Crippen molar-refractivity contribution in [3.05, 3.63) is 112 Å². The third kappa shape index (κ3) is 6.04. The van der Waals surface area contributed by atoms with Gasteiger partial charge in [0, 0.05) is 65.5 Å². The maximum Gasteiger partial charge on any atom is 0.270 e. The minimum atomic E-state index is -0.427. The molecule has 5 rings (SSSR count). The molecule has 1 amide bonds. The number of nitrogens with zero attached hydrogens (tertiary/aromatic N) is 5. The molecule has 3 N–H and O–H groups in total. The molecule has 0 aromatic carbocycles. The Labute approximate surface area is 228 Å². The maximum absolute atomic E-state index is 13.6. The van der Waals surface area contributed by atoms with E-state index in [2.05, 4.69) is 40.5 Å². The molecule has 5 aromatic rings. The van der Waals surface area contributed by atoms with E-state index >= 15 is 0 Å². The van der Waals surface area contributed by atoms with Gasteiger partial charge < -0.3 is 15.6 Å². The number of rotatable bonds is 7. The average molecular weight is 537 g/mol. The Hall–Kier alpha value is -5.32. The normalized spacial score (nSPS) is 10.8. The van der Waals surface area contributed by atoms with E-state index in [9.17, 15) is 14.0 Å². The predicted octanol–water partition coefficient (Wildman–Crippen LogP) is 4.42. The second kappa shape index (κ2) is 11.2. The molecule has 0 spiro atoms. The monoisotopic (exact) mass is 536 g/mol. The first-order valence-corrected chi connectivity index (χ1v) is 12.4. The van der Waals surface area contributed by atoms with Crippen LogP contribution in [0.15, 0.2) is 72.0 Å². The number of carbonyl (C=O) groups excluding carboxylic acids is 1. The summed E-state index contributed by atoms with van der Waals surface area (Å²) in [5, 5.41) is 5.97. The maximum atomic E-state index is 13.6. The van der Waals surface area contributed by atoms with Crippen molar-refractivity contribution in [2.45, 2.75) is 27.3 Å². The first-order valence-electron chi connectivity index (χ1n) is 12.4. The molecule has 0 radical (unpaired) electrons. The van der Waals surface area contributed by atoms with Crippen LogP contribution in [0, 0.1) is 26.6 Å². The minimum absolute atomic E-state index is 0.227. The van der Waals surface area contributed by atoms with Gasteiger partial charge in [0.1, 0.15) is 17.3 Å². The van der Waals surface area contributed by atoms with E-state index < -0.39 is 5.82 Å². The van der Waals surface area contributed by atoms with Crippen molar-refractivity contribution in [2.24, 2.45) is 0 Å². The number of nitrogens with one attached hydrogen (secondary N) is 3. The Kier molecular flexibility index (Phi) is 7.36. The van der Waals surface area contributed by atoms with Gasteiger partial charge in [-0.05, 0) is 56.2 Å². The molecule has 0 aliphatic heterocycles. The molecule has 11 heteroatoms. The summed E-state index contributed by atoms with van der Waals surface area (Å²) in [7, 11) is 0. The number of pyridine rings is 4. The number of halogens is 1. The number of hydrogen-bond acceptors (Lipinski definition) is 8. The zero-order chi connectivity index (χ0) is 28.2. The second-order valence-corrected chi connectivity index (χ2v) is 9.20. The second-order valence-electron chi connectivity index (χ2n) is 9.20. The molecular weight excluding hydrogens is 511 g/mol. The molecule has 0 saturated heterocycles. The molecule has 200 valence electrons. The van der Waals surface area contributed by atoms with Crippen molar-refractivity contribution in [3.63, 3.8) is 0 Å². The zero-order valence-corrected chi connectivity index (χ0v) is 22.0. The number of amides is 1. The largest absolute Gasteiger partial charge is 0.347 e. The lowest BCUT2D eigenvalue weighted by molar-refractivity contribution is 0.0945. The van der Waals surface area contributed by atoms with Gasteiger partial charge >= 0.3 is 0 Å². The fourth-order valence-corrected chi connectivity index (χ4v) is 4.09. The van der Waals surface area contributed by atoms with E-state index in [1.54, 1.807) is 56.7 Å². The van der Waals surface area contributed by atoms with Gasteiger partial charge in [-0.25, -0.2) is 14.4 Å². The molecule has 10 nitrogen and oxygen atoms in total. The van der Waals surface area contributed by atoms with Gasteiger partial charge in [0.05, 0.1) is 11.9 Å². The van der Waals surface area contributed by atoms with E-state index in [4.69, 9.17) is 0 Å². The van der Waals surface area contributed by atoms with E-state index in [1.165, 1.54) is 18.3 Å². The highest BCUT2D eigenvalue weighted by atomic mass is 19.1. The summed E-state index contributed by atoms with van der Waals surface area (Å²) < 4.78 is 13.6. The molecule has 5 aromatic heterocycles. The standard InChI is InChI=1S/C29H25FN8O2/c1-16-8-20(28-36-17(2)9-25(38-28)37-22-6-7-31-26(39)11-22)14-34-27(16)29(40)35-13-19-4-5-24(33-12-19)23-10-21(30)15-32-18(23)3/h4-12,14-15H,13H2,1-3H3,(H,35,40)(H2,31,36,37,38,39). The minimum Gasteiger partial charge on any atom is -0.347 e. The van der Waals surface area contributed by atoms with Crippen LogP contribution in [0.4, 0.5) is 15.9 Å². The Morgan fingerprint density at radius 3 is 2.55 bits per heavy atom. The summed E-state index contributed by atoms with van der Waals surface area (Å²) in [6.07, 6.45) is 5.91. The topological polar surface area (TPSA) is 138 Å². The van der Waals surface area contributed by atoms with Crippen LogP contribution in [0.1, 0.15) is 33.0 Å². The Morgan fingerprint density at radius 1 is 0.950 bits per heavy atom. The molecule has 0 atom stereocenters. The van der Waals surface area contributed by atoms with Crippen LogP contribution >= 0.6 is 0 Å². The van der Waals surface area contributed by atoms with E-state index in [0.717, 1.165) is 11.3 Å². The molecule has 40 heavy (non-hydrogen) atoms. The Balaban J connectivity index is 1.27. The number of hydrogen-bond donors (Lipinski definition) is 3. The third-order valence-electron chi connectivity index (χ3n) is 6.06. The van der Waals surface area contributed by atoms with Crippen molar-refractivity contribution in [1.29, 1.82) is 0 Å². The predicted molar refractivity (Wildman–Crippen MR) is 148 cm³/mol. The summed E-state index contributed by atoms with van der Waals surface area (Å²) >= 11 is 0. The van der Waals surface area contributed by atoms with Gasteiger partial charge in [0.25, 0.3) is 5.91 Å². The summed E-state index contributed by atoms with van der Waals surface area (Å²) in [4.78, 5) is 48.9. The van der Waals surface area contributed by atoms with E-state index in [1.807, 2.05) is 13.0 Å². The van der Waals surface area contributed by atoms with Crippen LogP contribution in [0.5, 0.6) is 0 Å². The van der Waals surface area contributed by atoms with Crippen LogP contribution < -0.4 is 16.2 Å². The summed E-state index contributed by atoms with van der Waals surface area (Å²) in [5.74, 6) is 0.199. The lowest BCUT2D eigenvalue weighted by Gasteiger charge is -2.11.